The first-order valence-electron chi connectivity index (χ1n) is 5.51. The monoisotopic (exact) mass is 299 g/mol. The number of ether oxygens (including phenoxy) is 1. The van der Waals surface area contributed by atoms with Crippen molar-refractivity contribution in [3.05, 3.63) is 28.2 Å². The number of likely N-dealkylation sites (tertiary alicyclic amines) is 1. The van der Waals surface area contributed by atoms with Crippen molar-refractivity contribution in [2.75, 3.05) is 19.7 Å². The van der Waals surface area contributed by atoms with Gasteiger partial charge in [0.2, 0.25) is 0 Å². The Bertz CT molecular complexity index is 430. The van der Waals surface area contributed by atoms with Crippen LogP contribution in [0.4, 0.5) is 0 Å². The minimum atomic E-state index is -0.374. The Labute approximate surface area is 108 Å². The van der Waals surface area contributed by atoms with Crippen molar-refractivity contribution in [1.82, 2.24) is 4.90 Å². The zero-order chi connectivity index (χ0) is 12.4. The standard InChI is InChI=1S/C12H14BrNO3/c1-2-17-11-5-8(3-4-10(11)13)12(16)14-6-9(15)7-14/h3-5,9,15H,2,6-7H2,1H3. The van der Waals surface area contributed by atoms with Crippen LogP contribution in [-0.4, -0.2) is 41.7 Å². The zero-order valence-corrected chi connectivity index (χ0v) is 11.1. The van der Waals surface area contributed by atoms with Crippen LogP contribution < -0.4 is 4.74 Å². The summed E-state index contributed by atoms with van der Waals surface area (Å²) in [5.41, 5.74) is 0.587. The van der Waals surface area contributed by atoms with Crippen molar-refractivity contribution in [2.45, 2.75) is 13.0 Å². The molecule has 1 aliphatic heterocycles. The number of amides is 1. The molecule has 1 aliphatic rings. The smallest absolute Gasteiger partial charge is 0.254 e. The predicted octanol–water partition coefficient (Wildman–Crippen LogP) is 1.66. The van der Waals surface area contributed by atoms with Crippen LogP contribution in [0.15, 0.2) is 22.7 Å². The third kappa shape index (κ3) is 2.61. The number of hydrogen-bond donors (Lipinski definition) is 1. The summed E-state index contributed by atoms with van der Waals surface area (Å²) < 4.78 is 6.25. The van der Waals surface area contributed by atoms with Gasteiger partial charge in [0.1, 0.15) is 5.75 Å². The van der Waals surface area contributed by atoms with Crippen LogP contribution in [0.3, 0.4) is 0 Å². The van der Waals surface area contributed by atoms with Gasteiger partial charge in [-0.05, 0) is 41.1 Å². The summed E-state index contributed by atoms with van der Waals surface area (Å²) in [5.74, 6) is 0.600. The first-order chi connectivity index (χ1) is 8.11. The van der Waals surface area contributed by atoms with Gasteiger partial charge in [-0.2, -0.15) is 0 Å². The average molecular weight is 300 g/mol. The molecule has 1 fully saturated rings. The van der Waals surface area contributed by atoms with Gasteiger partial charge >= 0.3 is 0 Å². The van der Waals surface area contributed by atoms with E-state index in [0.29, 0.717) is 31.0 Å². The number of hydrogen-bond acceptors (Lipinski definition) is 3. The number of aliphatic hydroxyl groups excluding tert-OH is 1. The summed E-state index contributed by atoms with van der Waals surface area (Å²) in [5, 5.41) is 9.17. The maximum Gasteiger partial charge on any atom is 0.254 e. The lowest BCUT2D eigenvalue weighted by molar-refractivity contribution is 0.00587. The van der Waals surface area contributed by atoms with Crippen LogP contribution in [0.25, 0.3) is 0 Å². The second kappa shape index (κ2) is 5.06. The van der Waals surface area contributed by atoms with E-state index in [1.807, 2.05) is 6.92 Å². The van der Waals surface area contributed by atoms with Gasteiger partial charge in [0.05, 0.1) is 17.2 Å². The zero-order valence-electron chi connectivity index (χ0n) is 9.52. The molecule has 92 valence electrons. The van der Waals surface area contributed by atoms with Crippen LogP contribution in [0, 0.1) is 0 Å². The number of nitrogens with zero attached hydrogens (tertiary/aromatic N) is 1. The molecule has 0 radical (unpaired) electrons. The van der Waals surface area contributed by atoms with Crippen LogP contribution in [0.2, 0.25) is 0 Å². The highest BCUT2D eigenvalue weighted by Gasteiger charge is 2.29. The lowest BCUT2D eigenvalue weighted by Crippen LogP contribution is -2.53. The SMILES string of the molecule is CCOc1cc(C(=O)N2CC(O)C2)ccc1Br. The molecule has 0 unspecified atom stereocenters. The highest BCUT2D eigenvalue weighted by Crippen LogP contribution is 2.27. The topological polar surface area (TPSA) is 49.8 Å². The second-order valence-corrected chi connectivity index (χ2v) is 4.80. The molecule has 4 nitrogen and oxygen atoms in total. The quantitative estimate of drug-likeness (QED) is 0.923. The summed E-state index contributed by atoms with van der Waals surface area (Å²) in [4.78, 5) is 13.6. The van der Waals surface area contributed by atoms with E-state index in [1.165, 1.54) is 0 Å². The van der Waals surface area contributed by atoms with Gasteiger partial charge < -0.3 is 14.7 Å². The van der Waals surface area contributed by atoms with Crippen molar-refractivity contribution in [3.8, 4) is 5.75 Å². The average Bonchev–Trinajstić information content (AvgIpc) is 2.27. The molecule has 5 heteroatoms. The molecule has 1 aromatic rings. The lowest BCUT2D eigenvalue weighted by Gasteiger charge is -2.35. The molecule has 2 rings (SSSR count). The molecule has 0 atom stereocenters. The first-order valence-corrected chi connectivity index (χ1v) is 6.30. The van der Waals surface area contributed by atoms with Crippen LogP contribution in [0.5, 0.6) is 5.75 Å². The van der Waals surface area contributed by atoms with Crippen molar-refractivity contribution >= 4 is 21.8 Å². The molecule has 0 bridgehead atoms. The first kappa shape index (κ1) is 12.4. The molecule has 17 heavy (non-hydrogen) atoms. The molecule has 1 aromatic carbocycles. The summed E-state index contributed by atoms with van der Waals surface area (Å²) >= 11 is 3.37. The number of benzene rings is 1. The maximum atomic E-state index is 12.0. The maximum absolute atomic E-state index is 12.0. The minimum Gasteiger partial charge on any atom is -0.493 e. The molecule has 1 heterocycles. The Hall–Kier alpha value is -1.07. The van der Waals surface area contributed by atoms with Gasteiger partial charge in [0.15, 0.2) is 0 Å². The van der Waals surface area contributed by atoms with Crippen molar-refractivity contribution in [3.63, 3.8) is 0 Å². The number of carbonyl (C=O) groups is 1. The molecule has 0 saturated carbocycles. The third-order valence-electron chi connectivity index (χ3n) is 2.63. The van der Waals surface area contributed by atoms with E-state index in [0.717, 1.165) is 4.47 Å². The number of β-amino-alcohol motifs (C(OH)–C–C–N with tert-alkyl or cyclic N) is 1. The highest BCUT2D eigenvalue weighted by atomic mass is 79.9. The summed E-state index contributed by atoms with van der Waals surface area (Å²) in [7, 11) is 0. The Morgan fingerprint density at radius 1 is 1.59 bits per heavy atom. The molecular formula is C12H14BrNO3. The van der Waals surface area contributed by atoms with Crippen molar-refractivity contribution < 1.29 is 14.6 Å². The van der Waals surface area contributed by atoms with E-state index in [9.17, 15) is 9.90 Å². The van der Waals surface area contributed by atoms with E-state index in [-0.39, 0.29) is 12.0 Å². The van der Waals surface area contributed by atoms with Crippen molar-refractivity contribution in [1.29, 1.82) is 0 Å². The van der Waals surface area contributed by atoms with Crippen LogP contribution in [-0.2, 0) is 0 Å². The van der Waals surface area contributed by atoms with Crippen molar-refractivity contribution in [2.24, 2.45) is 0 Å². The molecule has 0 aromatic heterocycles. The van der Waals surface area contributed by atoms with E-state index in [4.69, 9.17) is 4.74 Å². The molecule has 0 spiro atoms. The number of rotatable bonds is 3. The molecule has 1 amide bonds. The Kier molecular flexibility index (Phi) is 3.69. The van der Waals surface area contributed by atoms with Gasteiger partial charge in [0, 0.05) is 18.7 Å². The van der Waals surface area contributed by atoms with Gasteiger partial charge in [-0.15, -0.1) is 0 Å². The molecule has 1 saturated heterocycles. The Morgan fingerprint density at radius 3 is 2.88 bits per heavy atom. The highest BCUT2D eigenvalue weighted by molar-refractivity contribution is 9.10. The Balaban J connectivity index is 2.15. The predicted molar refractivity (Wildman–Crippen MR) is 67.2 cm³/mol. The van der Waals surface area contributed by atoms with Gasteiger partial charge in [-0.1, -0.05) is 0 Å². The summed E-state index contributed by atoms with van der Waals surface area (Å²) in [6, 6.07) is 5.27. The molecular weight excluding hydrogens is 286 g/mol. The third-order valence-corrected chi connectivity index (χ3v) is 3.28. The fourth-order valence-electron chi connectivity index (χ4n) is 1.71. The number of aliphatic hydroxyl groups is 1. The minimum absolute atomic E-state index is 0.0660. The van der Waals surface area contributed by atoms with E-state index in [2.05, 4.69) is 15.9 Å². The van der Waals surface area contributed by atoms with E-state index >= 15 is 0 Å². The fourth-order valence-corrected chi connectivity index (χ4v) is 2.07. The normalized spacial score (nSPS) is 15.6. The fraction of sp³-hybridized carbons (Fsp3) is 0.417. The van der Waals surface area contributed by atoms with Gasteiger partial charge in [-0.3, -0.25) is 4.79 Å². The van der Waals surface area contributed by atoms with E-state index in [1.54, 1.807) is 23.1 Å². The van der Waals surface area contributed by atoms with Crippen LogP contribution in [0.1, 0.15) is 17.3 Å². The Morgan fingerprint density at radius 2 is 2.29 bits per heavy atom. The lowest BCUT2D eigenvalue weighted by atomic mass is 10.1. The molecule has 1 N–H and O–H groups in total. The van der Waals surface area contributed by atoms with Gasteiger partial charge in [0.25, 0.3) is 5.91 Å². The van der Waals surface area contributed by atoms with Gasteiger partial charge in [-0.25, -0.2) is 0 Å². The van der Waals surface area contributed by atoms with Crippen LogP contribution >= 0.6 is 15.9 Å². The van der Waals surface area contributed by atoms with E-state index < -0.39 is 0 Å². The number of carbonyl (C=O) groups excluding carboxylic acids is 1. The largest absolute Gasteiger partial charge is 0.493 e. The second-order valence-electron chi connectivity index (χ2n) is 3.94. The number of halogens is 1. The molecule has 0 aliphatic carbocycles. The summed E-state index contributed by atoms with van der Waals surface area (Å²) in [6.07, 6.45) is -0.374. The summed E-state index contributed by atoms with van der Waals surface area (Å²) in [6.45, 7) is 3.28.